The Labute approximate surface area is 197 Å². The van der Waals surface area contributed by atoms with Gasteiger partial charge in [-0.25, -0.2) is 4.98 Å². The third-order valence-electron chi connectivity index (χ3n) is 4.85. The molecule has 0 spiro atoms. The van der Waals surface area contributed by atoms with Crippen LogP contribution in [-0.2, 0) is 24.2 Å². The zero-order chi connectivity index (χ0) is 22.5. The van der Waals surface area contributed by atoms with E-state index in [1.165, 1.54) is 34.4 Å². The van der Waals surface area contributed by atoms with Gasteiger partial charge in [-0.3, -0.25) is 14.2 Å². The molecule has 9 heteroatoms. The summed E-state index contributed by atoms with van der Waals surface area (Å²) >= 11 is 4.07. The standard InChI is InChI=1S/C23H20N4O2S3/c1-2-17-12-18-21(32-17)26-23(27(22(18)29)10-8-15-6-4-3-5-7-15)31-14-19(28)25-20-16(13-24)9-11-30-20/h3-7,9,11-12H,2,8,10,14H2,1H3,(H,25,28). The van der Waals surface area contributed by atoms with Crippen LogP contribution in [-0.4, -0.2) is 21.2 Å². The number of benzene rings is 1. The number of nitrogens with zero attached hydrogens (tertiary/aromatic N) is 3. The molecule has 0 unspecified atom stereocenters. The smallest absolute Gasteiger partial charge is 0.262 e. The van der Waals surface area contributed by atoms with E-state index in [0.717, 1.165) is 16.9 Å². The van der Waals surface area contributed by atoms with Gasteiger partial charge in [0, 0.05) is 11.4 Å². The molecule has 0 atom stereocenters. The van der Waals surface area contributed by atoms with Crippen LogP contribution in [0.15, 0.2) is 57.8 Å². The number of anilines is 1. The first-order valence-electron chi connectivity index (χ1n) is 10.1. The molecule has 1 aromatic carbocycles. The van der Waals surface area contributed by atoms with Crippen LogP contribution in [0.25, 0.3) is 10.2 Å². The van der Waals surface area contributed by atoms with Crippen molar-refractivity contribution in [3.63, 3.8) is 0 Å². The lowest BCUT2D eigenvalue weighted by atomic mass is 10.1. The minimum atomic E-state index is -0.238. The lowest BCUT2D eigenvalue weighted by molar-refractivity contribution is -0.113. The fourth-order valence-electron chi connectivity index (χ4n) is 3.20. The molecule has 4 rings (SSSR count). The third-order valence-corrected chi connectivity index (χ3v) is 7.83. The number of nitrogens with one attached hydrogen (secondary N) is 1. The van der Waals surface area contributed by atoms with Gasteiger partial charge < -0.3 is 5.32 Å². The van der Waals surface area contributed by atoms with Crippen LogP contribution in [0.3, 0.4) is 0 Å². The molecular formula is C23H20N4O2S3. The predicted molar refractivity (Wildman–Crippen MR) is 132 cm³/mol. The molecule has 0 saturated heterocycles. The summed E-state index contributed by atoms with van der Waals surface area (Å²) in [5, 5.41) is 15.4. The fourth-order valence-corrected chi connectivity index (χ4v) is 5.79. The van der Waals surface area contributed by atoms with Crippen LogP contribution in [0, 0.1) is 11.3 Å². The average molecular weight is 481 g/mol. The van der Waals surface area contributed by atoms with Gasteiger partial charge in [-0.1, -0.05) is 49.0 Å². The molecule has 0 saturated carbocycles. The van der Waals surface area contributed by atoms with Crippen molar-refractivity contribution in [2.24, 2.45) is 0 Å². The monoisotopic (exact) mass is 480 g/mol. The first-order chi connectivity index (χ1) is 15.6. The maximum Gasteiger partial charge on any atom is 0.262 e. The first kappa shape index (κ1) is 22.3. The number of nitriles is 1. The molecule has 0 aliphatic rings. The maximum atomic E-state index is 13.3. The van der Waals surface area contributed by atoms with Crippen molar-refractivity contribution in [2.75, 3.05) is 11.1 Å². The van der Waals surface area contributed by atoms with Gasteiger partial charge in [0.15, 0.2) is 5.16 Å². The molecule has 0 aliphatic carbocycles. The number of aryl methyl sites for hydroxylation is 2. The van der Waals surface area contributed by atoms with E-state index in [0.29, 0.717) is 38.9 Å². The number of fused-ring (bicyclic) bond motifs is 1. The van der Waals surface area contributed by atoms with Crippen molar-refractivity contribution in [3.05, 3.63) is 74.2 Å². The number of thioether (sulfide) groups is 1. The van der Waals surface area contributed by atoms with Crippen molar-refractivity contribution < 1.29 is 4.79 Å². The zero-order valence-electron chi connectivity index (χ0n) is 17.3. The highest BCUT2D eigenvalue weighted by Crippen LogP contribution is 2.26. The second-order valence-electron chi connectivity index (χ2n) is 6.98. The number of rotatable bonds is 8. The quantitative estimate of drug-likeness (QED) is 0.285. The Morgan fingerprint density at radius 1 is 1.28 bits per heavy atom. The number of carbonyl (C=O) groups excluding carboxylic acids is 1. The van der Waals surface area contributed by atoms with E-state index in [1.807, 2.05) is 36.4 Å². The average Bonchev–Trinajstić information content (AvgIpc) is 3.44. The third kappa shape index (κ3) is 4.93. The normalized spacial score (nSPS) is 10.9. The molecular weight excluding hydrogens is 460 g/mol. The Kier molecular flexibility index (Phi) is 7.05. The van der Waals surface area contributed by atoms with E-state index in [9.17, 15) is 9.59 Å². The van der Waals surface area contributed by atoms with Crippen LogP contribution in [0.5, 0.6) is 0 Å². The zero-order valence-corrected chi connectivity index (χ0v) is 19.8. The lowest BCUT2D eigenvalue weighted by Gasteiger charge is -2.12. The van der Waals surface area contributed by atoms with Gasteiger partial charge in [0.05, 0.1) is 16.7 Å². The van der Waals surface area contributed by atoms with E-state index < -0.39 is 0 Å². The molecule has 0 radical (unpaired) electrons. The summed E-state index contributed by atoms with van der Waals surface area (Å²) in [6.07, 6.45) is 1.54. The Hall–Kier alpha value is -2.93. The lowest BCUT2D eigenvalue weighted by Crippen LogP contribution is -2.24. The summed E-state index contributed by atoms with van der Waals surface area (Å²) in [6.45, 7) is 2.54. The van der Waals surface area contributed by atoms with E-state index >= 15 is 0 Å². The number of aromatic nitrogens is 2. The van der Waals surface area contributed by atoms with Gasteiger partial charge in [-0.15, -0.1) is 22.7 Å². The highest BCUT2D eigenvalue weighted by molar-refractivity contribution is 7.99. The molecule has 0 aliphatic heterocycles. The first-order valence-corrected chi connectivity index (χ1v) is 12.7. The number of carbonyl (C=O) groups is 1. The summed E-state index contributed by atoms with van der Waals surface area (Å²) in [7, 11) is 0. The highest BCUT2D eigenvalue weighted by atomic mass is 32.2. The van der Waals surface area contributed by atoms with Gasteiger partial charge in [0.25, 0.3) is 5.56 Å². The van der Waals surface area contributed by atoms with Gasteiger partial charge >= 0.3 is 0 Å². The minimum absolute atomic E-state index is 0.0742. The molecule has 32 heavy (non-hydrogen) atoms. The molecule has 1 amide bonds. The van der Waals surface area contributed by atoms with Crippen molar-refractivity contribution in [1.82, 2.24) is 9.55 Å². The van der Waals surface area contributed by atoms with E-state index in [2.05, 4.69) is 18.3 Å². The second kappa shape index (κ2) is 10.1. The minimum Gasteiger partial charge on any atom is -0.316 e. The number of hydrogen-bond donors (Lipinski definition) is 1. The van der Waals surface area contributed by atoms with Crippen molar-refractivity contribution in [3.8, 4) is 6.07 Å². The molecule has 4 aromatic rings. The number of hydrogen-bond acceptors (Lipinski definition) is 7. The summed E-state index contributed by atoms with van der Waals surface area (Å²) in [5.74, 6) is -0.142. The molecule has 3 aromatic heterocycles. The van der Waals surface area contributed by atoms with Gasteiger partial charge in [-0.2, -0.15) is 5.26 Å². The summed E-state index contributed by atoms with van der Waals surface area (Å²) in [4.78, 5) is 32.3. The SMILES string of the molecule is CCc1cc2c(=O)n(CCc3ccccc3)c(SCC(=O)Nc3sccc3C#N)nc2s1. The predicted octanol–water partition coefficient (Wildman–Crippen LogP) is 4.93. The Balaban J connectivity index is 1.58. The van der Waals surface area contributed by atoms with Crippen molar-refractivity contribution in [2.45, 2.75) is 31.5 Å². The van der Waals surface area contributed by atoms with E-state index in [-0.39, 0.29) is 17.2 Å². The topological polar surface area (TPSA) is 87.8 Å². The Morgan fingerprint density at radius 3 is 2.84 bits per heavy atom. The van der Waals surface area contributed by atoms with Crippen LogP contribution in [0.1, 0.15) is 22.9 Å². The molecule has 0 fully saturated rings. The Bertz CT molecular complexity index is 1350. The van der Waals surface area contributed by atoms with Crippen LogP contribution in [0.4, 0.5) is 5.00 Å². The maximum absolute atomic E-state index is 13.3. The summed E-state index contributed by atoms with van der Waals surface area (Å²) in [6, 6.07) is 15.6. The second-order valence-corrected chi connectivity index (χ2v) is 9.96. The van der Waals surface area contributed by atoms with Crippen LogP contribution >= 0.6 is 34.4 Å². The fraction of sp³-hybridized carbons (Fsp3) is 0.217. The van der Waals surface area contributed by atoms with Gasteiger partial charge in [0.1, 0.15) is 15.9 Å². The van der Waals surface area contributed by atoms with Gasteiger partial charge in [-0.05, 0) is 35.9 Å². The van der Waals surface area contributed by atoms with Gasteiger partial charge in [0.2, 0.25) is 5.91 Å². The summed E-state index contributed by atoms with van der Waals surface area (Å²) < 4.78 is 1.67. The van der Waals surface area contributed by atoms with Crippen molar-refractivity contribution >= 4 is 55.6 Å². The van der Waals surface area contributed by atoms with Crippen LogP contribution < -0.4 is 10.9 Å². The Morgan fingerprint density at radius 2 is 2.09 bits per heavy atom. The molecule has 1 N–H and O–H groups in total. The number of thiophene rings is 2. The largest absolute Gasteiger partial charge is 0.316 e. The number of amides is 1. The van der Waals surface area contributed by atoms with Crippen molar-refractivity contribution in [1.29, 1.82) is 5.26 Å². The van der Waals surface area contributed by atoms with E-state index in [1.54, 1.807) is 16.0 Å². The molecule has 0 bridgehead atoms. The van der Waals surface area contributed by atoms with Crippen LogP contribution in [0.2, 0.25) is 0 Å². The molecule has 162 valence electrons. The van der Waals surface area contributed by atoms with E-state index in [4.69, 9.17) is 10.2 Å². The summed E-state index contributed by atoms with van der Waals surface area (Å²) in [5.41, 5.74) is 1.50. The highest BCUT2D eigenvalue weighted by Gasteiger charge is 2.16. The molecule has 6 nitrogen and oxygen atoms in total. The molecule has 3 heterocycles.